The summed E-state index contributed by atoms with van der Waals surface area (Å²) in [5.41, 5.74) is 0.899. The molecule has 160 valence electrons. The number of carbonyl (C=O) groups is 1. The monoisotopic (exact) mass is 420 g/mol. The summed E-state index contributed by atoms with van der Waals surface area (Å²) in [7, 11) is 1.33. The molecule has 0 aliphatic rings. The van der Waals surface area contributed by atoms with Crippen molar-refractivity contribution < 1.29 is 24.9 Å². The van der Waals surface area contributed by atoms with E-state index < -0.39 is 18.3 Å². The summed E-state index contributed by atoms with van der Waals surface area (Å²) in [5.74, 6) is -0.325. The summed E-state index contributed by atoms with van der Waals surface area (Å²) in [6.45, 7) is 2.14. The van der Waals surface area contributed by atoms with Gasteiger partial charge < -0.3 is 20.1 Å². The molecule has 3 atom stereocenters. The number of fused-ring (bicyclic) bond motifs is 1. The fourth-order valence-electron chi connectivity index (χ4n) is 3.27. The third-order valence-electron chi connectivity index (χ3n) is 5.01. The first-order valence-electron chi connectivity index (χ1n) is 10.3. The van der Waals surface area contributed by atoms with E-state index in [-0.39, 0.29) is 12.4 Å². The van der Waals surface area contributed by atoms with Crippen molar-refractivity contribution in [3.05, 3.63) is 40.8 Å². The Morgan fingerprint density at radius 1 is 1.14 bits per heavy atom. The number of benzene rings is 1. The van der Waals surface area contributed by atoms with Crippen molar-refractivity contribution in [3.63, 3.8) is 0 Å². The molecular formula is C23H32O5S. The number of aliphatic hydroxyl groups excluding tert-OH is 3. The molecule has 0 saturated heterocycles. The Morgan fingerprint density at radius 3 is 2.62 bits per heavy atom. The van der Waals surface area contributed by atoms with Gasteiger partial charge in [-0.2, -0.15) is 0 Å². The van der Waals surface area contributed by atoms with Gasteiger partial charge in [0, 0.05) is 21.4 Å². The van der Waals surface area contributed by atoms with Crippen LogP contribution in [-0.2, 0) is 9.53 Å². The molecule has 0 spiro atoms. The molecule has 1 heterocycles. The summed E-state index contributed by atoms with van der Waals surface area (Å²) >= 11 is 1.57. The van der Waals surface area contributed by atoms with Gasteiger partial charge in [0.1, 0.15) is 0 Å². The van der Waals surface area contributed by atoms with Crippen molar-refractivity contribution in [3.8, 4) is 0 Å². The molecule has 0 bridgehead atoms. The van der Waals surface area contributed by atoms with Crippen LogP contribution in [0.25, 0.3) is 16.2 Å². The summed E-state index contributed by atoms with van der Waals surface area (Å²) < 4.78 is 5.67. The van der Waals surface area contributed by atoms with Crippen LogP contribution in [0, 0.1) is 0 Å². The largest absolute Gasteiger partial charge is 0.469 e. The molecule has 5 nitrogen and oxygen atoms in total. The highest BCUT2D eigenvalue weighted by molar-refractivity contribution is 7.19. The van der Waals surface area contributed by atoms with E-state index in [4.69, 9.17) is 0 Å². The van der Waals surface area contributed by atoms with E-state index in [1.165, 1.54) is 7.11 Å². The molecule has 2 aromatic rings. The first-order valence-corrected chi connectivity index (χ1v) is 11.1. The lowest BCUT2D eigenvalue weighted by atomic mass is 10.0. The van der Waals surface area contributed by atoms with Crippen molar-refractivity contribution >= 4 is 33.5 Å². The molecule has 0 saturated carbocycles. The minimum Gasteiger partial charge on any atom is -0.469 e. The number of methoxy groups -OCH3 is 1. The van der Waals surface area contributed by atoms with E-state index in [0.717, 1.165) is 39.8 Å². The molecule has 0 fully saturated rings. The third kappa shape index (κ3) is 6.93. The number of hydrogen-bond donors (Lipinski definition) is 3. The van der Waals surface area contributed by atoms with E-state index >= 15 is 0 Å². The van der Waals surface area contributed by atoms with Gasteiger partial charge in [0.25, 0.3) is 0 Å². The van der Waals surface area contributed by atoms with Crippen molar-refractivity contribution in [2.75, 3.05) is 7.11 Å². The standard InChI is InChI=1S/C23H32O5S/c1-3-4-5-10-20(26)23-17(16-9-6-7-12-21(16)29-23)14-15-19(25)18(24)11-8-13-22(27)28-2/h6-7,9,12,14-15,18-20,24-26H,3-5,8,10-11,13H2,1-2H3/b15-14+. The molecule has 2 rings (SSSR count). The highest BCUT2D eigenvalue weighted by Gasteiger charge is 2.18. The van der Waals surface area contributed by atoms with Gasteiger partial charge in [0.15, 0.2) is 0 Å². The average Bonchev–Trinajstić information content (AvgIpc) is 3.10. The van der Waals surface area contributed by atoms with Crippen molar-refractivity contribution in [1.82, 2.24) is 0 Å². The first kappa shape index (κ1) is 23.5. The first-order chi connectivity index (χ1) is 14.0. The number of carbonyl (C=O) groups excluding carboxylic acids is 1. The van der Waals surface area contributed by atoms with Crippen LogP contribution in [0.3, 0.4) is 0 Å². The molecule has 0 aliphatic carbocycles. The maximum absolute atomic E-state index is 11.2. The normalized spacial score (nSPS) is 14.9. The molecule has 6 heteroatoms. The van der Waals surface area contributed by atoms with E-state index in [9.17, 15) is 20.1 Å². The summed E-state index contributed by atoms with van der Waals surface area (Å²) in [4.78, 5) is 12.1. The van der Waals surface area contributed by atoms with Crippen LogP contribution in [0.15, 0.2) is 30.3 Å². The second kappa shape index (κ2) is 12.1. The number of aliphatic hydroxyl groups is 3. The molecule has 0 radical (unpaired) electrons. The van der Waals surface area contributed by atoms with Crippen LogP contribution in [0.2, 0.25) is 0 Å². The fourth-order valence-corrected chi connectivity index (χ4v) is 4.49. The zero-order chi connectivity index (χ0) is 21.2. The topological polar surface area (TPSA) is 87.0 Å². The summed E-state index contributed by atoms with van der Waals surface area (Å²) in [5, 5.41) is 32.2. The minimum absolute atomic E-state index is 0.216. The molecule has 1 aromatic carbocycles. The number of unbranched alkanes of at least 4 members (excludes halogenated alkanes) is 2. The van der Waals surface area contributed by atoms with Gasteiger partial charge in [-0.25, -0.2) is 0 Å². The molecule has 1 aromatic heterocycles. The van der Waals surface area contributed by atoms with Crippen LogP contribution in [0.5, 0.6) is 0 Å². The van der Waals surface area contributed by atoms with Crippen LogP contribution >= 0.6 is 11.3 Å². The van der Waals surface area contributed by atoms with E-state index in [1.807, 2.05) is 24.3 Å². The SMILES string of the molecule is CCCCCC(O)c1sc2ccccc2c1/C=C/C(O)C(O)CCCC(=O)OC. The number of hydrogen-bond acceptors (Lipinski definition) is 6. The van der Waals surface area contributed by atoms with Crippen molar-refractivity contribution in [2.45, 2.75) is 70.2 Å². The second-order valence-electron chi connectivity index (χ2n) is 7.27. The van der Waals surface area contributed by atoms with Gasteiger partial charge >= 0.3 is 5.97 Å². The van der Waals surface area contributed by atoms with E-state index in [0.29, 0.717) is 19.3 Å². The highest BCUT2D eigenvalue weighted by atomic mass is 32.1. The number of esters is 1. The lowest BCUT2D eigenvalue weighted by Crippen LogP contribution is -2.23. The van der Waals surface area contributed by atoms with Gasteiger partial charge in [-0.05, 0) is 30.9 Å². The fraction of sp³-hybridized carbons (Fsp3) is 0.522. The summed E-state index contributed by atoms with van der Waals surface area (Å²) in [6.07, 6.45) is 5.65. The molecule has 29 heavy (non-hydrogen) atoms. The Kier molecular flexibility index (Phi) is 9.81. The predicted octanol–water partition coefficient (Wildman–Crippen LogP) is 4.59. The maximum atomic E-state index is 11.2. The molecule has 3 N–H and O–H groups in total. The Balaban J connectivity index is 2.12. The Labute approximate surface area is 176 Å². The van der Waals surface area contributed by atoms with E-state index in [1.54, 1.807) is 23.5 Å². The number of ether oxygens (including phenoxy) is 1. The third-order valence-corrected chi connectivity index (χ3v) is 6.30. The van der Waals surface area contributed by atoms with Crippen LogP contribution in [0.4, 0.5) is 0 Å². The molecule has 0 amide bonds. The Morgan fingerprint density at radius 2 is 1.90 bits per heavy atom. The van der Waals surface area contributed by atoms with E-state index in [2.05, 4.69) is 11.7 Å². The summed E-state index contributed by atoms with van der Waals surface area (Å²) in [6, 6.07) is 7.96. The van der Waals surface area contributed by atoms with Gasteiger partial charge in [-0.1, -0.05) is 56.5 Å². The van der Waals surface area contributed by atoms with Crippen molar-refractivity contribution in [1.29, 1.82) is 0 Å². The Hall–Kier alpha value is -1.73. The van der Waals surface area contributed by atoms with Crippen LogP contribution in [-0.4, -0.2) is 40.6 Å². The number of thiophene rings is 1. The van der Waals surface area contributed by atoms with Crippen LogP contribution < -0.4 is 0 Å². The van der Waals surface area contributed by atoms with Gasteiger partial charge in [-0.3, -0.25) is 4.79 Å². The zero-order valence-electron chi connectivity index (χ0n) is 17.2. The maximum Gasteiger partial charge on any atom is 0.305 e. The minimum atomic E-state index is -1.05. The van der Waals surface area contributed by atoms with Gasteiger partial charge in [-0.15, -0.1) is 11.3 Å². The predicted molar refractivity (Wildman–Crippen MR) is 118 cm³/mol. The highest BCUT2D eigenvalue weighted by Crippen LogP contribution is 2.38. The van der Waals surface area contributed by atoms with Gasteiger partial charge in [0.2, 0.25) is 0 Å². The Bertz CT molecular complexity index is 798. The molecule has 3 unspecified atom stereocenters. The van der Waals surface area contributed by atoms with Crippen LogP contribution in [0.1, 0.15) is 68.4 Å². The molecule has 0 aliphatic heterocycles. The lowest BCUT2D eigenvalue weighted by molar-refractivity contribution is -0.140. The smallest absolute Gasteiger partial charge is 0.305 e. The second-order valence-corrected chi connectivity index (χ2v) is 8.36. The zero-order valence-corrected chi connectivity index (χ0v) is 18.0. The number of rotatable bonds is 12. The van der Waals surface area contributed by atoms with Gasteiger partial charge in [0.05, 0.1) is 25.4 Å². The average molecular weight is 421 g/mol. The lowest BCUT2D eigenvalue weighted by Gasteiger charge is -2.14. The quantitative estimate of drug-likeness (QED) is 0.345. The van der Waals surface area contributed by atoms with Crippen molar-refractivity contribution in [2.24, 2.45) is 0 Å². The molecular weight excluding hydrogens is 388 g/mol.